The Kier molecular flexibility index (Phi) is 10.1. The lowest BCUT2D eigenvalue weighted by Gasteiger charge is -2.70. The van der Waals surface area contributed by atoms with Crippen LogP contribution in [0.15, 0.2) is 42.0 Å². The van der Waals surface area contributed by atoms with Crippen LogP contribution in [0.2, 0.25) is 0 Å². The van der Waals surface area contributed by atoms with Crippen LogP contribution in [0.25, 0.3) is 0 Å². The number of amides is 1. The molecular formula is C51H69NO9S2. The Bertz CT molecular complexity index is 2150. The number of allylic oxidation sites excluding steroid dienone is 2. The van der Waals surface area contributed by atoms with E-state index >= 15 is 9.59 Å². The fraction of sp³-hybridized carbons (Fsp3) is 0.765. The van der Waals surface area contributed by atoms with Crippen LogP contribution in [0, 0.1) is 68.5 Å². The minimum atomic E-state index is -1.48. The van der Waals surface area contributed by atoms with Gasteiger partial charge in [-0.1, -0.05) is 67.9 Å². The van der Waals surface area contributed by atoms with Crippen molar-refractivity contribution in [3.8, 4) is 5.75 Å². The third-order valence-corrected chi connectivity index (χ3v) is 23.6. The van der Waals surface area contributed by atoms with Gasteiger partial charge in [-0.3, -0.25) is 9.59 Å². The molecule has 1 aromatic rings. The summed E-state index contributed by atoms with van der Waals surface area (Å²) in [7, 11) is 3.35. The van der Waals surface area contributed by atoms with E-state index in [0.717, 1.165) is 30.4 Å². The number of nitrogens with zero attached hydrogens (tertiary/aromatic N) is 1. The molecule has 0 radical (unpaired) electrons. The van der Waals surface area contributed by atoms with Crippen molar-refractivity contribution in [3.05, 3.63) is 47.6 Å². The van der Waals surface area contributed by atoms with E-state index in [1.165, 1.54) is 0 Å². The zero-order valence-electron chi connectivity index (χ0n) is 37.5. The molecule has 6 N–H and O–H groups in total. The van der Waals surface area contributed by atoms with Crippen LogP contribution in [-0.2, 0) is 20.7 Å². The molecule has 5 aliphatic heterocycles. The van der Waals surface area contributed by atoms with Crippen LogP contribution in [0.4, 0.5) is 5.69 Å². The van der Waals surface area contributed by atoms with Gasteiger partial charge in [0.25, 0.3) is 0 Å². The summed E-state index contributed by atoms with van der Waals surface area (Å²) in [5.74, 6) is 0.626. The summed E-state index contributed by atoms with van der Waals surface area (Å²) in [4.78, 5) is 32.5. The Morgan fingerprint density at radius 2 is 1.76 bits per heavy atom. The smallest absolute Gasteiger partial charge is 0.233 e. The maximum Gasteiger partial charge on any atom is 0.233 e. The van der Waals surface area contributed by atoms with E-state index < -0.39 is 56.6 Å². The second kappa shape index (κ2) is 14.6. The maximum atomic E-state index is 15.6. The van der Waals surface area contributed by atoms with Crippen LogP contribution in [0.5, 0.6) is 5.75 Å². The number of rotatable bonds is 4. The zero-order chi connectivity index (χ0) is 44.3. The fourth-order valence-corrected chi connectivity index (χ4v) is 20.8. The number of aliphatic hydroxyl groups is 5. The topological polar surface area (TPSA) is 171 Å². The Hall–Kier alpha value is -1.90. The summed E-state index contributed by atoms with van der Waals surface area (Å²) in [5, 5.41) is 73.7. The number of ketones is 1. The number of anilines is 1. The number of fused-ring (bicyclic) bond motifs is 1. The first-order valence-electron chi connectivity index (χ1n) is 24.4. The van der Waals surface area contributed by atoms with Gasteiger partial charge in [0.2, 0.25) is 5.91 Å². The Morgan fingerprint density at radius 3 is 2.54 bits per heavy atom. The van der Waals surface area contributed by atoms with Gasteiger partial charge in [0, 0.05) is 53.2 Å². The summed E-state index contributed by atoms with van der Waals surface area (Å²) >= 11 is 0. The lowest BCUT2D eigenvalue weighted by atomic mass is 9.34. The molecule has 4 spiro atoms. The van der Waals surface area contributed by atoms with Crippen molar-refractivity contribution in [2.24, 2.45) is 68.5 Å². The third-order valence-electron chi connectivity index (χ3n) is 21.0. The van der Waals surface area contributed by atoms with Crippen molar-refractivity contribution >= 4 is 39.0 Å². The van der Waals surface area contributed by atoms with Crippen molar-refractivity contribution in [2.75, 3.05) is 29.6 Å². The summed E-state index contributed by atoms with van der Waals surface area (Å²) in [6, 6.07) is 5.49. The van der Waals surface area contributed by atoms with Gasteiger partial charge in [-0.05, 0) is 147 Å². The lowest BCUT2D eigenvalue weighted by molar-refractivity contribution is -0.222. The Morgan fingerprint density at radius 1 is 0.952 bits per heavy atom. The molecule has 63 heavy (non-hydrogen) atoms. The van der Waals surface area contributed by atoms with Crippen molar-refractivity contribution in [3.63, 3.8) is 0 Å². The molecule has 7 aliphatic carbocycles. The third kappa shape index (κ3) is 5.38. The quantitative estimate of drug-likeness (QED) is 0.107. The van der Waals surface area contributed by atoms with Gasteiger partial charge in [-0.15, -0.1) is 0 Å². The number of aryl methyl sites for hydroxylation is 1. The number of phenolic OH excluding ortho intramolecular Hbond substituents is 1. The normalized spacial score (nSPS) is 50.3. The number of carbonyl (C=O) groups excluding carboxylic acids is 2. The maximum absolute atomic E-state index is 15.6. The number of aromatic hydroxyl groups is 1. The van der Waals surface area contributed by atoms with Crippen LogP contribution in [0.3, 0.4) is 0 Å². The van der Waals surface area contributed by atoms with Gasteiger partial charge in [-0.2, -0.15) is 0 Å². The number of phenols is 1. The van der Waals surface area contributed by atoms with E-state index in [9.17, 15) is 30.6 Å². The van der Waals surface area contributed by atoms with Crippen molar-refractivity contribution < 1.29 is 45.0 Å². The fourth-order valence-electron chi connectivity index (χ4n) is 17.6. The van der Waals surface area contributed by atoms with Gasteiger partial charge in [-0.25, -0.2) is 0 Å². The number of hydrogen-bond donors (Lipinski definition) is 6. The van der Waals surface area contributed by atoms with Crippen LogP contribution < -0.4 is 4.90 Å². The van der Waals surface area contributed by atoms with E-state index in [1.807, 2.05) is 17.0 Å². The molecule has 13 rings (SSSR count). The highest BCUT2D eigenvalue weighted by Gasteiger charge is 2.83. The molecule has 8 bridgehead atoms. The minimum Gasteiger partial charge on any atom is -0.508 e. The predicted octanol–water partition coefficient (Wildman–Crippen LogP) is 6.77. The zero-order valence-corrected chi connectivity index (χ0v) is 39.1. The van der Waals surface area contributed by atoms with Crippen LogP contribution in [0.1, 0.15) is 110 Å². The second-order valence-electron chi connectivity index (χ2n) is 22.9. The molecule has 0 unspecified atom stereocenters. The molecule has 344 valence electrons. The monoisotopic (exact) mass is 903 g/mol. The van der Waals surface area contributed by atoms with E-state index in [0.29, 0.717) is 87.4 Å². The van der Waals surface area contributed by atoms with Crippen molar-refractivity contribution in [1.82, 2.24) is 0 Å². The highest BCUT2D eigenvalue weighted by atomic mass is 33.1. The molecule has 5 heterocycles. The summed E-state index contributed by atoms with van der Waals surface area (Å²) in [5.41, 5.74) is -4.56. The highest BCUT2D eigenvalue weighted by Crippen LogP contribution is 2.83. The van der Waals surface area contributed by atoms with Gasteiger partial charge in [0.1, 0.15) is 17.5 Å². The molecule has 7 fully saturated rings. The van der Waals surface area contributed by atoms with Gasteiger partial charge in [0.05, 0.1) is 34.7 Å². The number of epoxide rings is 1. The first kappa shape index (κ1) is 43.7. The summed E-state index contributed by atoms with van der Waals surface area (Å²) in [6.07, 6.45) is 11.3. The number of hydrogen-bond acceptors (Lipinski definition) is 11. The second-order valence-corrected chi connectivity index (χ2v) is 25.4. The highest BCUT2D eigenvalue weighted by molar-refractivity contribution is 8.76. The standard InChI is InChI=1S/C51H69NO9S2/c1-28(2)29(3)42-43(61-42)50(59)13-6-9-31-23-46-14-11-36-41(57)37(55)24-47(45(36,46)4)27-63-62-26-33-8-5-7-32(25-53)48(33)17-18-52(44(48)58)34-19-30(20-35(54)21-34)10-15-49(31)38(50)12-16-51(49,60)39(46)22-40(47)56/h6,9,19-22,28-29,31-33,36-38,41-43,53-55,57,59-60H,5,7-8,10-18,23-27H2,1-4H3/t29-,31-,32-,33+,36+,37-,38+,41+,42+,43-,45-,46+,47-,48-,49-,50-,51-/m1/s1. The minimum absolute atomic E-state index is 0.00981. The van der Waals surface area contributed by atoms with Gasteiger partial charge >= 0.3 is 0 Å². The van der Waals surface area contributed by atoms with Crippen LogP contribution in [-0.4, -0.2) is 103 Å². The molecule has 17 atom stereocenters. The number of carbonyl (C=O) groups is 2. The van der Waals surface area contributed by atoms with Gasteiger partial charge < -0.3 is 40.3 Å². The molecule has 0 aromatic heterocycles. The molecule has 2 saturated heterocycles. The van der Waals surface area contributed by atoms with E-state index in [2.05, 4.69) is 39.8 Å². The van der Waals surface area contributed by atoms with E-state index in [1.54, 1.807) is 33.7 Å². The number of ether oxygens (including phenoxy) is 1. The SMILES string of the molecule is CC(C)[C@@H](C)[C@@H]1O[C@H]1[C@@]1(O)CC=C[C@@H]2C[C@@]34CC[C@H]5[C@H](O)[C@H](O)C[C@]6(CSSC[C@@H]7CCC[C@H](CO)[C@]78CCN(C8=O)c7cc(O)cc(c7)CC[C@]27[C@@H]1CC[C@@]7(O)C3=CC6=O)[C@]54C. The van der Waals surface area contributed by atoms with E-state index in [4.69, 9.17) is 4.74 Å². The summed E-state index contributed by atoms with van der Waals surface area (Å²) in [6.45, 7) is 9.22. The Balaban J connectivity index is 1.10. The molecule has 12 heteroatoms. The average molecular weight is 904 g/mol. The molecular weight excluding hydrogens is 835 g/mol. The molecule has 12 aliphatic rings. The van der Waals surface area contributed by atoms with Crippen LogP contribution >= 0.6 is 21.6 Å². The number of benzene rings is 1. The van der Waals surface area contributed by atoms with Crippen molar-refractivity contribution in [1.29, 1.82) is 0 Å². The van der Waals surface area contributed by atoms with E-state index in [-0.39, 0.29) is 72.1 Å². The molecule has 10 nitrogen and oxygen atoms in total. The molecule has 5 saturated carbocycles. The summed E-state index contributed by atoms with van der Waals surface area (Å²) < 4.78 is 6.53. The first-order chi connectivity index (χ1) is 30.0. The number of aliphatic hydroxyl groups excluding tert-OH is 3. The first-order valence-corrected chi connectivity index (χ1v) is 26.9. The van der Waals surface area contributed by atoms with Gasteiger partial charge in [0.15, 0.2) is 5.78 Å². The largest absolute Gasteiger partial charge is 0.508 e. The molecule has 1 aromatic carbocycles. The lowest BCUT2D eigenvalue weighted by Crippen LogP contribution is -2.73. The average Bonchev–Trinajstić information content (AvgIpc) is 3.83. The predicted molar refractivity (Wildman–Crippen MR) is 244 cm³/mol. The Labute approximate surface area is 380 Å². The molecule has 1 amide bonds. The van der Waals surface area contributed by atoms with Crippen molar-refractivity contribution in [2.45, 2.75) is 147 Å².